The number of nitrogens with one attached hydrogen (secondary N) is 1. The summed E-state index contributed by atoms with van der Waals surface area (Å²) in [7, 11) is 0. The predicted octanol–water partition coefficient (Wildman–Crippen LogP) is 4.68. The highest BCUT2D eigenvalue weighted by atomic mass is 35.5. The molecule has 1 saturated heterocycles. The molecule has 4 rings (SSSR count). The van der Waals surface area contributed by atoms with E-state index in [1.54, 1.807) is 6.20 Å². The number of benzene rings is 1. The summed E-state index contributed by atoms with van der Waals surface area (Å²) in [4.78, 5) is 23.5. The van der Waals surface area contributed by atoms with Crippen LogP contribution in [-0.2, 0) is 4.79 Å². The summed E-state index contributed by atoms with van der Waals surface area (Å²) < 4.78 is 0. The first-order chi connectivity index (χ1) is 13.7. The smallest absolute Gasteiger partial charge is 0.240 e. The van der Waals surface area contributed by atoms with Crippen LogP contribution in [0.3, 0.4) is 0 Å². The summed E-state index contributed by atoms with van der Waals surface area (Å²) in [5.41, 5.74) is 3.02. The number of anilines is 1. The molecule has 1 aliphatic rings. The number of carbonyl (C=O) groups excluding carboxylic acids is 1. The van der Waals surface area contributed by atoms with Crippen molar-refractivity contribution in [3.8, 4) is 11.3 Å². The number of rotatable bonds is 5. The fourth-order valence-electron chi connectivity index (χ4n) is 3.58. The SMILES string of the molecule is O=C(CN1CCC[C@H](c2cccc(-c3cccc(Cl)c3)n2)C1)Nc1nccs1. The van der Waals surface area contributed by atoms with E-state index in [4.69, 9.17) is 16.6 Å². The van der Waals surface area contributed by atoms with E-state index in [-0.39, 0.29) is 5.91 Å². The number of thiazole rings is 1. The maximum atomic E-state index is 12.3. The Balaban J connectivity index is 1.43. The molecule has 1 N–H and O–H groups in total. The molecule has 0 spiro atoms. The van der Waals surface area contributed by atoms with Crippen molar-refractivity contribution in [2.75, 3.05) is 25.0 Å². The van der Waals surface area contributed by atoms with E-state index < -0.39 is 0 Å². The minimum absolute atomic E-state index is 0.0174. The molecule has 1 atom stereocenters. The van der Waals surface area contributed by atoms with Gasteiger partial charge in [0, 0.05) is 40.3 Å². The van der Waals surface area contributed by atoms with Crippen molar-refractivity contribution in [1.29, 1.82) is 0 Å². The van der Waals surface area contributed by atoms with E-state index >= 15 is 0 Å². The molecule has 0 aliphatic carbocycles. The topological polar surface area (TPSA) is 58.1 Å². The van der Waals surface area contributed by atoms with Crippen molar-refractivity contribution in [1.82, 2.24) is 14.9 Å². The first kappa shape index (κ1) is 19.1. The zero-order valence-electron chi connectivity index (χ0n) is 15.3. The number of nitrogens with zero attached hydrogens (tertiary/aromatic N) is 3. The largest absolute Gasteiger partial charge is 0.301 e. The quantitative estimate of drug-likeness (QED) is 0.661. The van der Waals surface area contributed by atoms with Crippen molar-refractivity contribution in [3.05, 3.63) is 64.8 Å². The Bertz CT molecular complexity index is 947. The normalized spacial score (nSPS) is 17.4. The number of halogens is 1. The Kier molecular flexibility index (Phi) is 6.00. The van der Waals surface area contributed by atoms with Crippen LogP contribution in [0.5, 0.6) is 0 Å². The Labute approximate surface area is 173 Å². The number of aromatic nitrogens is 2. The summed E-state index contributed by atoms with van der Waals surface area (Å²) >= 11 is 7.56. The lowest BCUT2D eigenvalue weighted by atomic mass is 9.94. The van der Waals surface area contributed by atoms with Gasteiger partial charge in [0.15, 0.2) is 5.13 Å². The number of hydrogen-bond acceptors (Lipinski definition) is 5. The Morgan fingerprint density at radius 3 is 3.00 bits per heavy atom. The minimum atomic E-state index is -0.0174. The van der Waals surface area contributed by atoms with Gasteiger partial charge in [-0.05, 0) is 43.7 Å². The molecule has 0 unspecified atom stereocenters. The molecular formula is C21H21ClN4OS. The van der Waals surface area contributed by atoms with Crippen molar-refractivity contribution in [3.63, 3.8) is 0 Å². The molecular weight excluding hydrogens is 392 g/mol. The zero-order valence-corrected chi connectivity index (χ0v) is 16.9. The van der Waals surface area contributed by atoms with Gasteiger partial charge >= 0.3 is 0 Å². The van der Waals surface area contributed by atoms with Gasteiger partial charge in [-0.1, -0.05) is 29.8 Å². The molecule has 0 saturated carbocycles. The molecule has 5 nitrogen and oxygen atoms in total. The van der Waals surface area contributed by atoms with Gasteiger partial charge in [0.1, 0.15) is 0 Å². The van der Waals surface area contributed by atoms with Gasteiger partial charge in [0.2, 0.25) is 5.91 Å². The lowest BCUT2D eigenvalue weighted by Gasteiger charge is -2.32. The van der Waals surface area contributed by atoms with Gasteiger partial charge in [-0.2, -0.15) is 0 Å². The molecule has 2 aromatic heterocycles. The number of likely N-dealkylation sites (tertiary alicyclic amines) is 1. The number of pyridine rings is 1. The van der Waals surface area contributed by atoms with E-state index in [1.165, 1.54) is 11.3 Å². The summed E-state index contributed by atoms with van der Waals surface area (Å²) in [6.45, 7) is 2.14. The van der Waals surface area contributed by atoms with Crippen LogP contribution in [0.4, 0.5) is 5.13 Å². The van der Waals surface area contributed by atoms with Crippen molar-refractivity contribution < 1.29 is 4.79 Å². The zero-order chi connectivity index (χ0) is 19.3. The molecule has 0 radical (unpaired) electrons. The van der Waals surface area contributed by atoms with Crippen LogP contribution < -0.4 is 5.32 Å². The maximum absolute atomic E-state index is 12.3. The van der Waals surface area contributed by atoms with Crippen LogP contribution in [0.15, 0.2) is 54.0 Å². The monoisotopic (exact) mass is 412 g/mol. The maximum Gasteiger partial charge on any atom is 0.240 e. The van der Waals surface area contributed by atoms with Gasteiger partial charge in [-0.25, -0.2) is 4.98 Å². The van der Waals surface area contributed by atoms with Gasteiger partial charge in [-0.15, -0.1) is 11.3 Å². The minimum Gasteiger partial charge on any atom is -0.301 e. The van der Waals surface area contributed by atoms with Crippen LogP contribution in [0.25, 0.3) is 11.3 Å². The molecule has 144 valence electrons. The number of carbonyl (C=O) groups is 1. The van der Waals surface area contributed by atoms with Crippen LogP contribution in [0.1, 0.15) is 24.5 Å². The highest BCUT2D eigenvalue weighted by Crippen LogP contribution is 2.28. The second-order valence-electron chi connectivity index (χ2n) is 6.92. The van der Waals surface area contributed by atoms with Crippen molar-refractivity contribution in [2.45, 2.75) is 18.8 Å². The summed E-state index contributed by atoms with van der Waals surface area (Å²) in [5, 5.41) is 6.07. The number of amides is 1. The van der Waals surface area contributed by atoms with Gasteiger partial charge < -0.3 is 5.32 Å². The molecule has 1 aliphatic heterocycles. The highest BCUT2D eigenvalue weighted by molar-refractivity contribution is 7.13. The van der Waals surface area contributed by atoms with E-state index in [1.807, 2.05) is 41.8 Å². The van der Waals surface area contributed by atoms with Crippen LogP contribution >= 0.6 is 22.9 Å². The third kappa shape index (κ3) is 4.76. The third-order valence-corrected chi connectivity index (χ3v) is 5.78. The standard InChI is InChI=1S/C21H21ClN4OS/c22-17-6-1-4-15(12-17)18-7-2-8-19(24-18)16-5-3-10-26(13-16)14-20(27)25-21-23-9-11-28-21/h1-2,4,6-9,11-12,16H,3,5,10,13-14H2,(H,23,25,27)/t16-/m0/s1. The lowest BCUT2D eigenvalue weighted by molar-refractivity contribution is -0.117. The van der Waals surface area contributed by atoms with Crippen LogP contribution in [-0.4, -0.2) is 40.4 Å². The van der Waals surface area contributed by atoms with E-state index in [0.717, 1.165) is 42.9 Å². The fraction of sp³-hybridized carbons (Fsp3) is 0.286. The van der Waals surface area contributed by atoms with E-state index in [0.29, 0.717) is 22.6 Å². The number of piperidine rings is 1. The average Bonchev–Trinajstić information content (AvgIpc) is 3.21. The lowest BCUT2D eigenvalue weighted by Crippen LogP contribution is -2.40. The Morgan fingerprint density at radius 2 is 2.18 bits per heavy atom. The average molecular weight is 413 g/mol. The summed E-state index contributed by atoms with van der Waals surface area (Å²) in [6.07, 6.45) is 3.82. The molecule has 1 aromatic carbocycles. The van der Waals surface area contributed by atoms with Crippen molar-refractivity contribution >= 4 is 34.0 Å². The van der Waals surface area contributed by atoms with Crippen LogP contribution in [0.2, 0.25) is 5.02 Å². The fourth-order valence-corrected chi connectivity index (χ4v) is 4.31. The predicted molar refractivity (Wildman–Crippen MR) is 114 cm³/mol. The molecule has 1 amide bonds. The second-order valence-corrected chi connectivity index (χ2v) is 8.25. The van der Waals surface area contributed by atoms with E-state index in [2.05, 4.69) is 21.3 Å². The molecule has 28 heavy (non-hydrogen) atoms. The third-order valence-electron chi connectivity index (χ3n) is 4.86. The molecule has 0 bridgehead atoms. The number of hydrogen-bond donors (Lipinski definition) is 1. The van der Waals surface area contributed by atoms with E-state index in [9.17, 15) is 4.79 Å². The van der Waals surface area contributed by atoms with Crippen molar-refractivity contribution in [2.24, 2.45) is 0 Å². The molecule has 3 aromatic rings. The first-order valence-electron chi connectivity index (χ1n) is 9.32. The highest BCUT2D eigenvalue weighted by Gasteiger charge is 2.24. The molecule has 7 heteroatoms. The first-order valence-corrected chi connectivity index (χ1v) is 10.6. The van der Waals surface area contributed by atoms with Gasteiger partial charge in [0.25, 0.3) is 0 Å². The molecule has 1 fully saturated rings. The molecule has 3 heterocycles. The second kappa shape index (κ2) is 8.82. The summed E-state index contributed by atoms with van der Waals surface area (Å²) in [5.74, 6) is 0.303. The van der Waals surface area contributed by atoms with Crippen LogP contribution in [0, 0.1) is 0 Å². The Morgan fingerprint density at radius 1 is 1.29 bits per heavy atom. The van der Waals surface area contributed by atoms with Gasteiger partial charge in [0.05, 0.1) is 12.2 Å². The Hall–Kier alpha value is -2.28. The summed E-state index contributed by atoms with van der Waals surface area (Å²) in [6, 6.07) is 13.9. The van der Waals surface area contributed by atoms with Gasteiger partial charge in [-0.3, -0.25) is 14.7 Å².